The summed E-state index contributed by atoms with van der Waals surface area (Å²) >= 11 is 0. The summed E-state index contributed by atoms with van der Waals surface area (Å²) in [5.74, 6) is 0. The molecule has 0 bridgehead atoms. The molecule has 0 aromatic heterocycles. The Hall–Kier alpha value is -0.890. The number of rotatable bonds is 0. The first kappa shape index (κ1) is 9.20. The van der Waals surface area contributed by atoms with E-state index in [1.807, 2.05) is 19.1 Å². The molecule has 1 aliphatic heterocycles. The van der Waals surface area contributed by atoms with Crippen molar-refractivity contribution in [3.8, 4) is 0 Å². The van der Waals surface area contributed by atoms with Crippen molar-refractivity contribution >= 4 is 5.71 Å². The summed E-state index contributed by atoms with van der Waals surface area (Å²) in [6.07, 6.45) is 5.11. The molecule has 1 N–H and O–H groups in total. The van der Waals surface area contributed by atoms with Crippen LogP contribution in [0.4, 0.5) is 0 Å². The van der Waals surface area contributed by atoms with Gasteiger partial charge in [-0.25, -0.2) is 0 Å². The Bertz CT molecular complexity index is 214. The van der Waals surface area contributed by atoms with Gasteiger partial charge in [0.15, 0.2) is 0 Å². The molecule has 66 valence electrons. The lowest BCUT2D eigenvalue weighted by Crippen LogP contribution is -2.19. The van der Waals surface area contributed by atoms with Crippen molar-refractivity contribution in [2.75, 3.05) is 19.6 Å². The molecule has 1 rings (SSSR count). The Morgan fingerprint density at radius 3 is 3.08 bits per heavy atom. The number of aliphatic imine (C=N–C) groups is 1. The van der Waals surface area contributed by atoms with Crippen LogP contribution in [0.5, 0.6) is 0 Å². The van der Waals surface area contributed by atoms with Gasteiger partial charge in [0.1, 0.15) is 0 Å². The van der Waals surface area contributed by atoms with Crippen LogP contribution in [0.15, 0.2) is 29.3 Å². The minimum atomic E-state index is 0.878. The van der Waals surface area contributed by atoms with Gasteiger partial charge in [0.2, 0.25) is 0 Å². The van der Waals surface area contributed by atoms with Gasteiger partial charge in [-0.2, -0.15) is 0 Å². The highest BCUT2D eigenvalue weighted by atomic mass is 14.9. The zero-order chi connectivity index (χ0) is 8.81. The van der Waals surface area contributed by atoms with Crippen LogP contribution in [-0.4, -0.2) is 25.3 Å². The highest BCUT2D eigenvalue weighted by Crippen LogP contribution is 1.99. The van der Waals surface area contributed by atoms with Crippen molar-refractivity contribution in [1.82, 2.24) is 5.32 Å². The first-order chi connectivity index (χ1) is 5.79. The monoisotopic (exact) mass is 164 g/mol. The van der Waals surface area contributed by atoms with E-state index in [0.29, 0.717) is 0 Å². The Morgan fingerprint density at radius 2 is 2.25 bits per heavy atom. The Kier molecular flexibility index (Phi) is 3.74. The average molecular weight is 164 g/mol. The van der Waals surface area contributed by atoms with Gasteiger partial charge in [-0.3, -0.25) is 4.99 Å². The lowest BCUT2D eigenvalue weighted by Gasteiger charge is -2.05. The van der Waals surface area contributed by atoms with Crippen molar-refractivity contribution in [2.24, 2.45) is 4.99 Å². The lowest BCUT2D eigenvalue weighted by atomic mass is 10.2. The summed E-state index contributed by atoms with van der Waals surface area (Å²) in [5, 5.41) is 3.30. The largest absolute Gasteiger partial charge is 0.315 e. The molecule has 0 radical (unpaired) electrons. The Morgan fingerprint density at radius 1 is 1.42 bits per heavy atom. The molecule has 1 heterocycles. The molecular formula is C10H16N2. The average Bonchev–Trinajstić information content (AvgIpc) is 2.07. The smallest absolute Gasteiger partial charge is 0.0517 e. The fraction of sp³-hybridized carbons (Fsp3) is 0.500. The van der Waals surface area contributed by atoms with Gasteiger partial charge in [0, 0.05) is 12.3 Å². The first-order valence-electron chi connectivity index (χ1n) is 4.36. The Labute approximate surface area is 74.1 Å². The third-order valence-corrected chi connectivity index (χ3v) is 1.83. The zero-order valence-electron chi connectivity index (χ0n) is 7.64. The summed E-state index contributed by atoms with van der Waals surface area (Å²) in [7, 11) is 0. The van der Waals surface area contributed by atoms with Crippen LogP contribution in [0.2, 0.25) is 0 Å². The van der Waals surface area contributed by atoms with E-state index < -0.39 is 0 Å². The Balaban J connectivity index is 2.58. The van der Waals surface area contributed by atoms with Crippen molar-refractivity contribution in [3.63, 3.8) is 0 Å². The molecule has 12 heavy (non-hydrogen) atoms. The van der Waals surface area contributed by atoms with Crippen LogP contribution in [0.25, 0.3) is 0 Å². The number of nitrogens with one attached hydrogen (secondary N) is 1. The number of allylic oxidation sites excluding steroid dienone is 2. The second kappa shape index (κ2) is 4.88. The SMILES string of the molecule is C=C1/C=C\C(C)=NCCNCC1. The van der Waals surface area contributed by atoms with E-state index in [2.05, 4.69) is 16.9 Å². The minimum Gasteiger partial charge on any atom is -0.315 e. The molecule has 0 aromatic rings. The normalized spacial score (nSPS) is 23.1. The van der Waals surface area contributed by atoms with E-state index in [-0.39, 0.29) is 0 Å². The summed E-state index contributed by atoms with van der Waals surface area (Å²) in [6, 6.07) is 0. The van der Waals surface area contributed by atoms with Gasteiger partial charge >= 0.3 is 0 Å². The van der Waals surface area contributed by atoms with E-state index in [1.165, 1.54) is 5.57 Å². The molecule has 0 saturated heterocycles. The van der Waals surface area contributed by atoms with Crippen LogP contribution < -0.4 is 5.32 Å². The molecule has 2 nitrogen and oxygen atoms in total. The van der Waals surface area contributed by atoms with E-state index in [0.717, 1.165) is 31.8 Å². The molecular weight excluding hydrogens is 148 g/mol. The van der Waals surface area contributed by atoms with Gasteiger partial charge < -0.3 is 5.32 Å². The predicted octanol–water partition coefficient (Wildman–Crippen LogP) is 1.55. The van der Waals surface area contributed by atoms with E-state index in [4.69, 9.17) is 0 Å². The topological polar surface area (TPSA) is 24.4 Å². The van der Waals surface area contributed by atoms with Crippen LogP contribution in [0.3, 0.4) is 0 Å². The number of hydrogen-bond acceptors (Lipinski definition) is 2. The van der Waals surface area contributed by atoms with Gasteiger partial charge in [-0.15, -0.1) is 0 Å². The summed E-state index contributed by atoms with van der Waals surface area (Å²) in [6.45, 7) is 8.82. The van der Waals surface area contributed by atoms with Crippen molar-refractivity contribution in [3.05, 3.63) is 24.3 Å². The van der Waals surface area contributed by atoms with Gasteiger partial charge in [-0.05, 0) is 26.0 Å². The summed E-state index contributed by atoms with van der Waals surface area (Å²) in [4.78, 5) is 4.35. The second-order valence-corrected chi connectivity index (χ2v) is 3.01. The van der Waals surface area contributed by atoms with Crippen molar-refractivity contribution in [1.29, 1.82) is 0 Å². The molecule has 1 aliphatic rings. The third-order valence-electron chi connectivity index (χ3n) is 1.83. The van der Waals surface area contributed by atoms with Crippen molar-refractivity contribution < 1.29 is 0 Å². The maximum Gasteiger partial charge on any atom is 0.0517 e. The van der Waals surface area contributed by atoms with Crippen LogP contribution in [0.1, 0.15) is 13.3 Å². The van der Waals surface area contributed by atoms with Crippen LogP contribution >= 0.6 is 0 Å². The second-order valence-electron chi connectivity index (χ2n) is 3.01. The molecule has 0 aliphatic carbocycles. The highest BCUT2D eigenvalue weighted by molar-refractivity contribution is 5.93. The predicted molar refractivity (Wildman–Crippen MR) is 53.7 cm³/mol. The fourth-order valence-corrected chi connectivity index (χ4v) is 1.06. The quantitative estimate of drug-likeness (QED) is 0.577. The molecule has 0 amide bonds. The molecule has 0 unspecified atom stereocenters. The maximum absolute atomic E-state index is 4.35. The molecule has 0 atom stereocenters. The van der Waals surface area contributed by atoms with Crippen LogP contribution in [-0.2, 0) is 0 Å². The lowest BCUT2D eigenvalue weighted by molar-refractivity contribution is 0.690. The minimum absolute atomic E-state index is 0.878. The number of hydrogen-bond donors (Lipinski definition) is 1. The van der Waals surface area contributed by atoms with Crippen LogP contribution in [0, 0.1) is 0 Å². The summed E-state index contributed by atoms with van der Waals surface area (Å²) < 4.78 is 0. The summed E-state index contributed by atoms with van der Waals surface area (Å²) in [5.41, 5.74) is 2.25. The molecule has 0 saturated carbocycles. The van der Waals surface area contributed by atoms with Gasteiger partial charge in [0.25, 0.3) is 0 Å². The van der Waals surface area contributed by atoms with Gasteiger partial charge in [-0.1, -0.05) is 18.2 Å². The van der Waals surface area contributed by atoms with E-state index in [1.54, 1.807) is 0 Å². The molecule has 2 heteroatoms. The molecule has 0 fully saturated rings. The molecule has 0 aromatic carbocycles. The standard InChI is InChI=1S/C10H16N2/c1-9-3-4-10(2)12-8-7-11-6-5-9/h3-4,11H,1,5-8H2,2H3/b4-3-,12-10?. The van der Waals surface area contributed by atoms with Crippen molar-refractivity contribution in [2.45, 2.75) is 13.3 Å². The maximum atomic E-state index is 4.35. The van der Waals surface area contributed by atoms with E-state index >= 15 is 0 Å². The first-order valence-corrected chi connectivity index (χ1v) is 4.36. The number of nitrogens with zero attached hydrogens (tertiary/aromatic N) is 1. The van der Waals surface area contributed by atoms with E-state index in [9.17, 15) is 0 Å². The highest BCUT2D eigenvalue weighted by Gasteiger charge is 1.93. The van der Waals surface area contributed by atoms with Gasteiger partial charge in [0.05, 0.1) is 6.54 Å². The molecule has 0 spiro atoms. The zero-order valence-corrected chi connectivity index (χ0v) is 7.64. The fourth-order valence-electron chi connectivity index (χ4n) is 1.06. The third kappa shape index (κ3) is 3.49.